The van der Waals surface area contributed by atoms with Crippen LogP contribution in [-0.4, -0.2) is 148 Å². The van der Waals surface area contributed by atoms with E-state index in [9.17, 15) is 63.5 Å². The van der Waals surface area contributed by atoms with Crippen molar-refractivity contribution in [3.8, 4) is 0 Å². The maximum absolute atomic E-state index is 14.2. The first-order chi connectivity index (χ1) is 37.4. The fourth-order valence-corrected chi connectivity index (χ4v) is 7.10. The van der Waals surface area contributed by atoms with Gasteiger partial charge in [-0.25, -0.2) is 14.4 Å². The molecular weight excluding hydrogens is 1090 g/mol. The molecule has 20 nitrogen and oxygen atoms in total. The van der Waals surface area contributed by atoms with Crippen LogP contribution in [0.1, 0.15) is 47.1 Å². The fourth-order valence-electron chi connectivity index (χ4n) is 7.10. The van der Waals surface area contributed by atoms with E-state index in [2.05, 4.69) is 36.4 Å². The summed E-state index contributed by atoms with van der Waals surface area (Å²) in [6.07, 6.45) is -13.7. The van der Waals surface area contributed by atoms with Crippen molar-refractivity contribution in [2.24, 2.45) is 5.73 Å². The molecule has 0 unspecified atom stereocenters. The van der Waals surface area contributed by atoms with Gasteiger partial charge < -0.3 is 57.4 Å². The molecule has 4 aromatic rings. The molecule has 0 radical (unpaired) electrons. The molecule has 434 valence electrons. The number of carboxylic acid groups (broad SMARTS) is 3. The van der Waals surface area contributed by atoms with Gasteiger partial charge in [0.15, 0.2) is 0 Å². The second-order valence-corrected chi connectivity index (χ2v) is 17.5. The number of benzene rings is 4. The Morgan fingerprint density at radius 2 is 1.00 bits per heavy atom. The average molecular weight is 1140 g/mol. The first-order valence-electron chi connectivity index (χ1n) is 23.9. The van der Waals surface area contributed by atoms with Gasteiger partial charge in [-0.1, -0.05) is 78.9 Å². The lowest BCUT2D eigenvalue weighted by Crippen LogP contribution is -2.55. The van der Waals surface area contributed by atoms with Gasteiger partial charge in [0.1, 0.15) is 17.9 Å². The summed E-state index contributed by atoms with van der Waals surface area (Å²) in [5.41, 5.74) is 10.7. The molecule has 80 heavy (non-hydrogen) atoms. The van der Waals surface area contributed by atoms with Gasteiger partial charge in [0.05, 0.1) is 0 Å². The van der Waals surface area contributed by atoms with E-state index in [1.807, 2.05) is 54.6 Å². The molecule has 4 aromatic carbocycles. The lowest BCUT2D eigenvalue weighted by Gasteiger charge is -2.34. The number of nitrogens with one attached hydrogen (secondary N) is 6. The van der Waals surface area contributed by atoms with E-state index in [-0.39, 0.29) is 49.4 Å². The first-order valence-corrected chi connectivity index (χ1v) is 23.9. The molecule has 9 rings (SSSR count). The minimum absolute atomic E-state index is 0.0626. The summed E-state index contributed by atoms with van der Waals surface area (Å²) in [5, 5.41) is 43.7. The summed E-state index contributed by atoms with van der Waals surface area (Å²) in [6, 6.07) is 28.9. The Hall–Kier alpha value is -8.60. The molecular formula is C51H56F9N9O11. The van der Waals surface area contributed by atoms with Crippen LogP contribution >= 0.6 is 0 Å². The predicted molar refractivity (Wildman–Crippen MR) is 269 cm³/mol. The molecule has 0 aromatic heterocycles. The van der Waals surface area contributed by atoms with Crippen molar-refractivity contribution in [3.63, 3.8) is 0 Å². The van der Waals surface area contributed by atoms with Crippen molar-refractivity contribution in [2.75, 3.05) is 49.9 Å². The molecule has 2 atom stereocenters. The smallest absolute Gasteiger partial charge is 0.475 e. The van der Waals surface area contributed by atoms with E-state index in [1.54, 1.807) is 48.5 Å². The first kappa shape index (κ1) is 65.7. The molecule has 5 aliphatic heterocycles. The summed E-state index contributed by atoms with van der Waals surface area (Å²) in [6.45, 7) is 4.68. The van der Waals surface area contributed by atoms with Crippen molar-refractivity contribution >= 4 is 64.7 Å². The second-order valence-electron chi connectivity index (χ2n) is 17.5. The molecule has 5 aliphatic rings. The van der Waals surface area contributed by atoms with Crippen LogP contribution in [0.4, 0.5) is 50.9 Å². The Labute approximate surface area is 450 Å². The normalized spacial score (nSPS) is 18.1. The monoisotopic (exact) mass is 1140 g/mol. The summed E-state index contributed by atoms with van der Waals surface area (Å²) in [7, 11) is 0. The number of aryl methyl sites for hydroxylation is 1. The Morgan fingerprint density at radius 1 is 0.588 bits per heavy atom. The number of halogens is 9. The Morgan fingerprint density at radius 3 is 1.40 bits per heavy atom. The Balaban J connectivity index is 0.000000675. The van der Waals surface area contributed by atoms with Gasteiger partial charge in [-0.05, 0) is 52.9 Å². The zero-order valence-electron chi connectivity index (χ0n) is 42.1. The SMILES string of the molecule is N=C(N)c1ccc(CNC(=O)[C@@H]2Cc3ccc(cc3)NC(=O)CCN3CCN(CCC(=O)Nc4ccc(cc4)C[C@@H](NC(=O)CCc4ccccc4)C(=O)N2)CC3)cc1.O=C(O)C(F)(F)F.O=C(O)C(F)(F)F.O=C(O)C(F)(F)F. The topological polar surface area (TPSA) is 314 Å². The minimum atomic E-state index is -5.08. The molecule has 0 spiro atoms. The van der Waals surface area contributed by atoms with Gasteiger partial charge in [-0.2, -0.15) is 39.5 Å². The highest BCUT2D eigenvalue weighted by Crippen LogP contribution is 2.18. The van der Waals surface area contributed by atoms with Crippen molar-refractivity contribution < 1.29 is 93.2 Å². The number of nitrogens with zero attached hydrogens (tertiary/aromatic N) is 2. The highest BCUT2D eigenvalue weighted by Gasteiger charge is 2.39. The van der Waals surface area contributed by atoms with Gasteiger partial charge >= 0.3 is 36.4 Å². The van der Waals surface area contributed by atoms with Crippen LogP contribution in [0.2, 0.25) is 0 Å². The molecule has 1 fully saturated rings. The van der Waals surface area contributed by atoms with E-state index >= 15 is 0 Å². The van der Waals surface area contributed by atoms with Crippen LogP contribution in [0.3, 0.4) is 0 Å². The number of hydrogen-bond donors (Lipinski definition) is 10. The molecule has 5 heterocycles. The zero-order chi connectivity index (χ0) is 59.8. The number of hydrogen-bond acceptors (Lipinski definition) is 11. The average Bonchev–Trinajstić information content (AvgIpc) is 3.39. The van der Waals surface area contributed by atoms with Gasteiger partial charge in [-0.3, -0.25) is 29.4 Å². The number of rotatable bonds is 8. The van der Waals surface area contributed by atoms with Crippen LogP contribution in [0.15, 0.2) is 103 Å². The van der Waals surface area contributed by atoms with Gasteiger partial charge in [0.2, 0.25) is 29.5 Å². The van der Waals surface area contributed by atoms with Crippen LogP contribution in [0.25, 0.3) is 0 Å². The lowest BCUT2D eigenvalue weighted by atomic mass is 10.0. The molecule has 0 aliphatic carbocycles. The van der Waals surface area contributed by atoms with Crippen LogP contribution in [0.5, 0.6) is 0 Å². The molecule has 29 heteroatoms. The summed E-state index contributed by atoms with van der Waals surface area (Å²) in [5.74, 6) is -9.83. The number of anilines is 2. The third kappa shape index (κ3) is 25.2. The largest absolute Gasteiger partial charge is 0.490 e. The number of aliphatic carboxylic acids is 3. The third-order valence-electron chi connectivity index (χ3n) is 11.4. The van der Waals surface area contributed by atoms with E-state index in [4.69, 9.17) is 40.8 Å². The number of piperazine rings is 1. The lowest BCUT2D eigenvalue weighted by molar-refractivity contribution is -0.193. The number of carbonyl (C=O) groups excluding carboxylic acids is 5. The molecule has 6 bridgehead atoms. The quantitative estimate of drug-likeness (QED) is 0.0640. The minimum Gasteiger partial charge on any atom is -0.475 e. The van der Waals surface area contributed by atoms with Crippen molar-refractivity contribution in [1.82, 2.24) is 25.8 Å². The van der Waals surface area contributed by atoms with Crippen molar-refractivity contribution in [3.05, 3.63) is 131 Å². The second kappa shape index (κ2) is 31.1. The molecule has 11 N–H and O–H groups in total. The standard InChI is InChI=1S/C45H53N9O5.3C2HF3O2/c46-43(47)35-13-6-34(7-14-35)30-48-44(58)38-28-32-8-15-36(16-9-32)49-41(56)20-22-53-24-26-54(27-25-53)23-21-42(57)50-37-17-10-33(11-18-37)29-39(45(59)52-38)51-40(55)19-12-31-4-2-1-3-5-31;3*3-2(4,5)1(6)7/h1-11,13-18,38-39H,12,19-30H2,(H3,46,47)(H,48,58)(H,49,56)(H,50,57)(H,51,55)(H,52,59);3*(H,6,7)/t38-,39+;;;/m0.../s1. The van der Waals surface area contributed by atoms with Gasteiger partial charge in [0, 0.05) is 94.9 Å². The number of amidine groups is 1. The summed E-state index contributed by atoms with van der Waals surface area (Å²) in [4.78, 5) is 98.5. The Kier molecular flexibility index (Phi) is 25.5. The van der Waals surface area contributed by atoms with E-state index in [1.165, 1.54) is 0 Å². The van der Waals surface area contributed by atoms with Crippen LogP contribution in [-0.2, 0) is 64.2 Å². The molecule has 5 amide bonds. The van der Waals surface area contributed by atoms with Gasteiger partial charge in [-0.15, -0.1) is 0 Å². The molecule has 1 saturated heterocycles. The van der Waals surface area contributed by atoms with Crippen LogP contribution in [0, 0.1) is 5.41 Å². The number of amides is 5. The number of carbonyl (C=O) groups is 8. The van der Waals surface area contributed by atoms with Crippen molar-refractivity contribution in [2.45, 2.75) is 75.7 Å². The maximum Gasteiger partial charge on any atom is 0.490 e. The number of nitrogens with two attached hydrogens (primary N) is 1. The predicted octanol–water partition coefficient (Wildman–Crippen LogP) is 4.86. The summed E-state index contributed by atoms with van der Waals surface area (Å²) < 4.78 is 95.2. The highest BCUT2D eigenvalue weighted by atomic mass is 19.4. The maximum atomic E-state index is 14.2. The number of nitrogen functional groups attached to an aromatic ring is 1. The van der Waals surface area contributed by atoms with E-state index < -0.39 is 60.3 Å². The van der Waals surface area contributed by atoms with Crippen molar-refractivity contribution in [1.29, 1.82) is 5.41 Å². The third-order valence-corrected chi connectivity index (χ3v) is 11.4. The van der Waals surface area contributed by atoms with Crippen LogP contribution < -0.4 is 32.3 Å². The summed E-state index contributed by atoms with van der Waals surface area (Å²) >= 11 is 0. The number of carboxylic acids is 3. The molecule has 0 saturated carbocycles. The zero-order valence-corrected chi connectivity index (χ0v) is 42.1. The fraction of sp³-hybridized carbons (Fsp3) is 0.353. The number of alkyl halides is 9. The Bertz CT molecular complexity index is 2670. The van der Waals surface area contributed by atoms with E-state index in [0.717, 1.165) is 48.4 Å². The highest BCUT2D eigenvalue weighted by molar-refractivity contribution is 5.95. The number of fused-ring (bicyclic) bond motifs is 3. The van der Waals surface area contributed by atoms with Gasteiger partial charge in [0.25, 0.3) is 0 Å². The van der Waals surface area contributed by atoms with E-state index in [0.29, 0.717) is 49.3 Å².